The molecule has 45 heavy (non-hydrogen) atoms. The van der Waals surface area contributed by atoms with Crippen molar-refractivity contribution in [1.29, 1.82) is 0 Å². The first kappa shape index (κ1) is 36.4. The van der Waals surface area contributed by atoms with Crippen LogP contribution >= 0.6 is 0 Å². The van der Waals surface area contributed by atoms with E-state index in [-0.39, 0.29) is 11.8 Å². The summed E-state index contributed by atoms with van der Waals surface area (Å²) in [7, 11) is 0. The Labute approximate surface area is 264 Å². The highest BCUT2D eigenvalue weighted by Crippen LogP contribution is 2.37. The average Bonchev–Trinajstić information content (AvgIpc) is 3.01. The number of aliphatic hydroxyl groups excluding tert-OH is 5. The molecule has 14 atom stereocenters. The van der Waals surface area contributed by atoms with Crippen LogP contribution in [0.25, 0.3) is 0 Å². The van der Waals surface area contributed by atoms with Crippen molar-refractivity contribution in [1.82, 2.24) is 5.32 Å². The number of nitrogens with one attached hydrogen (secondary N) is 1. The first-order valence-corrected chi connectivity index (χ1v) is 16.6. The maximum Gasteiger partial charge on any atom is 0.246 e. The number of carbonyl (C=O) groups excluding carboxylic acids is 2. The Bertz CT molecular complexity index is 954. The third kappa shape index (κ3) is 8.92. The fourth-order valence-corrected chi connectivity index (χ4v) is 7.34. The van der Waals surface area contributed by atoms with Gasteiger partial charge in [0, 0.05) is 6.92 Å². The van der Waals surface area contributed by atoms with Gasteiger partial charge in [0.25, 0.3) is 0 Å². The first-order chi connectivity index (χ1) is 21.4. The molecule has 0 spiro atoms. The number of hydrogen-bond acceptors (Lipinski definition) is 12. The number of nitrogens with two attached hydrogens (primary N) is 1. The Balaban J connectivity index is 1.57. The van der Waals surface area contributed by atoms with Crippen LogP contribution in [0.15, 0.2) is 0 Å². The number of hydrogen-bond donors (Lipinski definition) is 7. The topological polar surface area (TPSA) is 219 Å². The molecule has 4 fully saturated rings. The highest BCUT2D eigenvalue weighted by molar-refractivity contribution is 5.78. The molecular weight excluding hydrogens is 592 g/mol. The van der Waals surface area contributed by atoms with Crippen molar-refractivity contribution in [3.05, 3.63) is 0 Å². The van der Waals surface area contributed by atoms with Gasteiger partial charge in [-0.1, -0.05) is 51.9 Å². The van der Waals surface area contributed by atoms with E-state index in [1.165, 1.54) is 6.92 Å². The SMILES string of the molecule is CCC1CCC[C@@H](O[C@@H]2O[C@@H](CO)[C@H](O)C(O[C@@H](CC3CCCCC3)C(N)=O)C2NC(C)=O)C1OC1O[C@@H](C)C(O)[C@H](O)[C@@H]1O. The molecule has 14 nitrogen and oxygen atoms in total. The molecule has 2 heterocycles. The Morgan fingerprint density at radius 1 is 0.889 bits per heavy atom. The predicted molar refractivity (Wildman–Crippen MR) is 158 cm³/mol. The molecule has 6 unspecified atom stereocenters. The van der Waals surface area contributed by atoms with Crippen molar-refractivity contribution in [2.24, 2.45) is 17.6 Å². The second-order valence-electron chi connectivity index (χ2n) is 13.2. The van der Waals surface area contributed by atoms with Crippen LogP contribution in [0.3, 0.4) is 0 Å². The molecule has 8 N–H and O–H groups in total. The van der Waals surface area contributed by atoms with Crippen LogP contribution < -0.4 is 11.1 Å². The standard InChI is InChI=1S/C31H54N2O12/c1-4-18-11-8-12-19(27(18)45-31-26(39)25(38)23(36)15(2)41-31)43-30-22(33-16(3)35)28(24(37)21(14-34)44-30)42-20(29(32)40)13-17-9-6-5-7-10-17/h15,17-28,30-31,34,36-39H,4-14H2,1-3H3,(H2,32,40)(H,33,35)/t15-,18?,19+,20-,21-,22?,23?,24-,25-,26-,27?,28?,30+,31?/m0/s1. The van der Waals surface area contributed by atoms with E-state index in [0.717, 1.165) is 44.9 Å². The molecule has 0 aromatic heterocycles. The largest absolute Gasteiger partial charge is 0.394 e. The van der Waals surface area contributed by atoms with Crippen LogP contribution in [0.4, 0.5) is 0 Å². The molecule has 0 bridgehead atoms. The molecule has 0 aromatic carbocycles. The van der Waals surface area contributed by atoms with Gasteiger partial charge < -0.3 is 60.3 Å². The van der Waals surface area contributed by atoms with Gasteiger partial charge in [0.1, 0.15) is 48.8 Å². The summed E-state index contributed by atoms with van der Waals surface area (Å²) in [5.41, 5.74) is 5.76. The highest BCUT2D eigenvalue weighted by atomic mass is 16.7. The molecular formula is C31H54N2O12. The maximum absolute atomic E-state index is 12.6. The predicted octanol–water partition coefficient (Wildman–Crippen LogP) is -0.413. The minimum Gasteiger partial charge on any atom is -0.394 e. The van der Waals surface area contributed by atoms with Gasteiger partial charge in [-0.05, 0) is 38.0 Å². The van der Waals surface area contributed by atoms with E-state index in [0.29, 0.717) is 19.3 Å². The molecule has 2 aliphatic heterocycles. The number of primary amides is 1. The third-order valence-corrected chi connectivity index (χ3v) is 9.96. The van der Waals surface area contributed by atoms with Crippen molar-refractivity contribution in [2.45, 2.75) is 165 Å². The Hall–Kier alpha value is -1.46. The van der Waals surface area contributed by atoms with Crippen molar-refractivity contribution in [3.8, 4) is 0 Å². The van der Waals surface area contributed by atoms with Crippen LogP contribution in [0, 0.1) is 11.8 Å². The summed E-state index contributed by atoms with van der Waals surface area (Å²) in [4.78, 5) is 25.0. The molecule has 14 heteroatoms. The van der Waals surface area contributed by atoms with E-state index in [4.69, 9.17) is 29.4 Å². The summed E-state index contributed by atoms with van der Waals surface area (Å²) in [5, 5.41) is 55.3. The smallest absolute Gasteiger partial charge is 0.246 e. The van der Waals surface area contributed by atoms with Crippen molar-refractivity contribution in [3.63, 3.8) is 0 Å². The quantitative estimate of drug-likeness (QED) is 0.144. The maximum atomic E-state index is 12.6. The van der Waals surface area contributed by atoms with Crippen LogP contribution in [0.2, 0.25) is 0 Å². The van der Waals surface area contributed by atoms with E-state index in [9.17, 15) is 35.1 Å². The molecule has 4 aliphatic rings. The van der Waals surface area contributed by atoms with E-state index in [2.05, 4.69) is 5.32 Å². The van der Waals surface area contributed by atoms with Gasteiger partial charge in [-0.2, -0.15) is 0 Å². The molecule has 260 valence electrons. The van der Waals surface area contributed by atoms with Gasteiger partial charge in [0.05, 0.1) is 24.9 Å². The summed E-state index contributed by atoms with van der Waals surface area (Å²) >= 11 is 0. The van der Waals surface area contributed by atoms with Crippen LogP contribution in [-0.4, -0.2) is 124 Å². The van der Waals surface area contributed by atoms with Gasteiger partial charge >= 0.3 is 0 Å². The second-order valence-corrected chi connectivity index (χ2v) is 13.2. The van der Waals surface area contributed by atoms with Crippen molar-refractivity contribution in [2.75, 3.05) is 6.61 Å². The minimum atomic E-state index is -1.50. The van der Waals surface area contributed by atoms with E-state index in [1.54, 1.807) is 6.92 Å². The molecule has 2 aliphatic carbocycles. The first-order valence-electron chi connectivity index (χ1n) is 16.6. The molecule has 2 saturated carbocycles. The highest BCUT2D eigenvalue weighted by Gasteiger charge is 2.51. The third-order valence-electron chi connectivity index (χ3n) is 9.96. The zero-order valence-corrected chi connectivity index (χ0v) is 26.6. The molecule has 0 aromatic rings. The summed E-state index contributed by atoms with van der Waals surface area (Å²) in [5.74, 6) is -0.925. The summed E-state index contributed by atoms with van der Waals surface area (Å²) in [6, 6.07) is -1.08. The monoisotopic (exact) mass is 646 g/mol. The summed E-state index contributed by atoms with van der Waals surface area (Å²) < 4.78 is 30.8. The fraction of sp³-hybridized carbons (Fsp3) is 0.935. The van der Waals surface area contributed by atoms with Gasteiger partial charge in [0.2, 0.25) is 11.8 Å². The van der Waals surface area contributed by atoms with Gasteiger partial charge in [-0.15, -0.1) is 0 Å². The van der Waals surface area contributed by atoms with Crippen molar-refractivity contribution < 1.29 is 58.8 Å². The van der Waals surface area contributed by atoms with Gasteiger partial charge in [0.15, 0.2) is 12.6 Å². The Morgan fingerprint density at radius 3 is 2.22 bits per heavy atom. The normalized spacial score (nSPS) is 42.2. The van der Waals surface area contributed by atoms with Gasteiger partial charge in [-0.3, -0.25) is 9.59 Å². The number of carbonyl (C=O) groups is 2. The lowest BCUT2D eigenvalue weighted by atomic mass is 9.82. The Kier molecular flexibility index (Phi) is 13.4. The average molecular weight is 647 g/mol. The number of ether oxygens (including phenoxy) is 5. The number of amides is 2. The van der Waals surface area contributed by atoms with Crippen molar-refractivity contribution >= 4 is 11.8 Å². The summed E-state index contributed by atoms with van der Waals surface area (Å²) in [6.07, 6.45) is -5.28. The zero-order valence-electron chi connectivity index (χ0n) is 26.6. The molecule has 2 amide bonds. The number of rotatable bonds is 12. The lowest BCUT2D eigenvalue weighted by Gasteiger charge is -2.48. The Morgan fingerprint density at radius 2 is 1.60 bits per heavy atom. The molecule has 0 radical (unpaired) electrons. The van der Waals surface area contributed by atoms with E-state index < -0.39 is 98.1 Å². The van der Waals surface area contributed by atoms with Gasteiger partial charge in [-0.25, -0.2) is 0 Å². The van der Waals surface area contributed by atoms with Crippen LogP contribution in [0.5, 0.6) is 0 Å². The van der Waals surface area contributed by atoms with E-state index >= 15 is 0 Å². The fourth-order valence-electron chi connectivity index (χ4n) is 7.34. The zero-order chi connectivity index (χ0) is 32.8. The molecule has 4 rings (SSSR count). The van der Waals surface area contributed by atoms with Crippen LogP contribution in [0.1, 0.15) is 85.0 Å². The minimum absolute atomic E-state index is 0.0253. The summed E-state index contributed by atoms with van der Waals surface area (Å²) in [6.45, 7) is 4.29. The van der Waals surface area contributed by atoms with E-state index in [1.807, 2.05) is 6.92 Å². The van der Waals surface area contributed by atoms with Crippen LogP contribution in [-0.2, 0) is 33.3 Å². The number of aliphatic hydroxyl groups is 5. The molecule has 2 saturated heterocycles. The second kappa shape index (κ2) is 16.6. The lowest BCUT2D eigenvalue weighted by Crippen LogP contribution is -2.67. The lowest BCUT2D eigenvalue weighted by molar-refractivity contribution is -0.337.